The third kappa shape index (κ3) is 8.12. The molecule has 0 spiro atoms. The summed E-state index contributed by atoms with van der Waals surface area (Å²) in [5.74, 6) is -0.138. The van der Waals surface area contributed by atoms with Gasteiger partial charge in [-0.15, -0.1) is 0 Å². The highest BCUT2D eigenvalue weighted by molar-refractivity contribution is 5.78. The van der Waals surface area contributed by atoms with Gasteiger partial charge in [-0.05, 0) is 45.1 Å². The van der Waals surface area contributed by atoms with Crippen LogP contribution in [0.4, 0.5) is 0 Å². The smallest absolute Gasteiger partial charge is 0.323 e. The standard InChI is InChI=1S/C27H43N3O4/c1-8-20(9-2)15-22(28-18(3)31)25-23(29-19(4)32)16-24(26(33)34-27(5,6)7)30(25)17-21-13-11-10-12-14-21/h10-14,20,22-25H,8-9,15-17H2,1-7H3,(H,28,31)(H,29,32)/t22-,23+,24+,25-/m0/s1. The highest BCUT2D eigenvalue weighted by atomic mass is 16.6. The second-order valence-corrected chi connectivity index (χ2v) is 10.5. The molecular weight excluding hydrogens is 430 g/mol. The van der Waals surface area contributed by atoms with Gasteiger partial charge in [0, 0.05) is 32.5 Å². The molecule has 0 bridgehead atoms. The number of amides is 2. The van der Waals surface area contributed by atoms with Gasteiger partial charge in [-0.25, -0.2) is 0 Å². The summed E-state index contributed by atoms with van der Waals surface area (Å²) in [6.45, 7) is 13.4. The summed E-state index contributed by atoms with van der Waals surface area (Å²) in [7, 11) is 0. The quantitative estimate of drug-likeness (QED) is 0.505. The first kappa shape index (κ1) is 27.8. The average Bonchev–Trinajstić information content (AvgIpc) is 3.07. The number of hydrogen-bond acceptors (Lipinski definition) is 5. The van der Waals surface area contributed by atoms with Crippen LogP contribution in [0.15, 0.2) is 30.3 Å². The molecule has 1 fully saturated rings. The van der Waals surface area contributed by atoms with Crippen molar-refractivity contribution in [1.29, 1.82) is 0 Å². The molecule has 1 aliphatic heterocycles. The van der Waals surface area contributed by atoms with Gasteiger partial charge in [0.1, 0.15) is 11.6 Å². The lowest BCUT2D eigenvalue weighted by molar-refractivity contribution is -0.161. The number of rotatable bonds is 10. The minimum atomic E-state index is -0.621. The lowest BCUT2D eigenvalue weighted by atomic mass is 9.88. The third-order valence-corrected chi connectivity index (χ3v) is 6.49. The Morgan fingerprint density at radius 1 is 1.06 bits per heavy atom. The molecule has 0 radical (unpaired) electrons. The maximum Gasteiger partial charge on any atom is 0.323 e. The van der Waals surface area contributed by atoms with Crippen LogP contribution in [0, 0.1) is 5.92 Å². The van der Waals surface area contributed by atoms with E-state index in [1.54, 1.807) is 0 Å². The normalized spacial score (nSPS) is 21.8. The molecule has 1 aromatic rings. The number of benzene rings is 1. The fraction of sp³-hybridized carbons (Fsp3) is 0.667. The number of nitrogens with one attached hydrogen (secondary N) is 2. The molecule has 4 atom stereocenters. The van der Waals surface area contributed by atoms with Gasteiger partial charge in [0.25, 0.3) is 0 Å². The third-order valence-electron chi connectivity index (χ3n) is 6.49. The summed E-state index contributed by atoms with van der Waals surface area (Å²) < 4.78 is 5.79. The van der Waals surface area contributed by atoms with Crippen molar-refractivity contribution in [3.05, 3.63) is 35.9 Å². The zero-order valence-electron chi connectivity index (χ0n) is 21.9. The van der Waals surface area contributed by atoms with Crippen LogP contribution in [0.2, 0.25) is 0 Å². The summed E-state index contributed by atoms with van der Waals surface area (Å²) in [4.78, 5) is 39.9. The fourth-order valence-electron chi connectivity index (χ4n) is 5.01. The molecule has 0 aliphatic carbocycles. The van der Waals surface area contributed by atoms with Crippen LogP contribution in [0.3, 0.4) is 0 Å². The Hall–Kier alpha value is -2.41. The van der Waals surface area contributed by atoms with Crippen LogP contribution >= 0.6 is 0 Å². The summed E-state index contributed by atoms with van der Waals surface area (Å²) in [6.07, 6.45) is 3.21. The summed E-state index contributed by atoms with van der Waals surface area (Å²) >= 11 is 0. The van der Waals surface area contributed by atoms with Gasteiger partial charge in [0.2, 0.25) is 11.8 Å². The number of likely N-dealkylation sites (tertiary alicyclic amines) is 1. The highest BCUT2D eigenvalue weighted by Gasteiger charge is 2.49. The Kier molecular flexibility index (Phi) is 10.1. The molecule has 1 heterocycles. The molecule has 0 unspecified atom stereocenters. The molecule has 1 aromatic carbocycles. The number of carbonyl (C=O) groups excluding carboxylic acids is 3. The SMILES string of the molecule is CCC(CC)C[C@H](NC(C)=O)[C@H]1[C@H](NC(C)=O)C[C@H](C(=O)OC(C)(C)C)N1Cc1ccccc1. The Balaban J connectivity index is 2.52. The zero-order chi connectivity index (χ0) is 25.5. The van der Waals surface area contributed by atoms with E-state index in [9.17, 15) is 14.4 Å². The first-order valence-electron chi connectivity index (χ1n) is 12.5. The van der Waals surface area contributed by atoms with Gasteiger partial charge < -0.3 is 15.4 Å². The Morgan fingerprint density at radius 2 is 1.68 bits per heavy atom. The molecule has 34 heavy (non-hydrogen) atoms. The van der Waals surface area contributed by atoms with Crippen molar-refractivity contribution in [1.82, 2.24) is 15.5 Å². The Bertz CT molecular complexity index is 817. The van der Waals surface area contributed by atoms with Gasteiger partial charge >= 0.3 is 5.97 Å². The van der Waals surface area contributed by atoms with Gasteiger partial charge in [-0.1, -0.05) is 57.0 Å². The van der Waals surface area contributed by atoms with Gasteiger partial charge in [0.15, 0.2) is 0 Å². The predicted molar refractivity (Wildman–Crippen MR) is 134 cm³/mol. The van der Waals surface area contributed by atoms with Crippen molar-refractivity contribution in [2.45, 2.75) is 110 Å². The van der Waals surface area contributed by atoms with Crippen LogP contribution in [-0.2, 0) is 25.7 Å². The van der Waals surface area contributed by atoms with Crippen molar-refractivity contribution in [2.24, 2.45) is 5.92 Å². The van der Waals surface area contributed by atoms with E-state index in [-0.39, 0.29) is 35.9 Å². The minimum absolute atomic E-state index is 0.113. The van der Waals surface area contributed by atoms with Crippen molar-refractivity contribution in [2.75, 3.05) is 0 Å². The molecule has 1 saturated heterocycles. The van der Waals surface area contributed by atoms with E-state index in [4.69, 9.17) is 4.74 Å². The van der Waals surface area contributed by atoms with E-state index < -0.39 is 11.6 Å². The Labute approximate surface area is 205 Å². The highest BCUT2D eigenvalue weighted by Crippen LogP contribution is 2.33. The second kappa shape index (κ2) is 12.3. The maximum atomic E-state index is 13.4. The van der Waals surface area contributed by atoms with Crippen molar-refractivity contribution in [3.63, 3.8) is 0 Å². The maximum absolute atomic E-state index is 13.4. The largest absolute Gasteiger partial charge is 0.459 e. The summed E-state index contributed by atoms with van der Waals surface area (Å²) in [5.41, 5.74) is 0.442. The molecule has 2 rings (SSSR count). The van der Waals surface area contributed by atoms with Gasteiger partial charge in [0.05, 0.1) is 6.04 Å². The Morgan fingerprint density at radius 3 is 2.18 bits per heavy atom. The lowest BCUT2D eigenvalue weighted by Crippen LogP contribution is -2.57. The summed E-state index contributed by atoms with van der Waals surface area (Å²) in [5, 5.41) is 6.24. The molecule has 2 amide bonds. The molecule has 2 N–H and O–H groups in total. The van der Waals surface area contributed by atoms with Crippen LogP contribution in [0.1, 0.15) is 79.7 Å². The first-order valence-corrected chi connectivity index (χ1v) is 12.5. The molecule has 190 valence electrons. The van der Waals surface area contributed by atoms with Gasteiger partial charge in [-0.3, -0.25) is 19.3 Å². The average molecular weight is 474 g/mol. The van der Waals surface area contributed by atoms with E-state index in [2.05, 4.69) is 29.4 Å². The molecule has 0 saturated carbocycles. The lowest BCUT2D eigenvalue weighted by Gasteiger charge is -2.38. The van der Waals surface area contributed by atoms with Crippen molar-refractivity contribution in [3.8, 4) is 0 Å². The van der Waals surface area contributed by atoms with E-state index in [0.29, 0.717) is 18.9 Å². The van der Waals surface area contributed by atoms with Crippen molar-refractivity contribution >= 4 is 17.8 Å². The van der Waals surface area contributed by atoms with Crippen LogP contribution in [-0.4, -0.2) is 52.5 Å². The van der Waals surface area contributed by atoms with Crippen molar-refractivity contribution < 1.29 is 19.1 Å². The number of hydrogen-bond donors (Lipinski definition) is 2. The molecule has 7 heteroatoms. The molecule has 0 aromatic heterocycles. The molecule has 1 aliphatic rings. The van der Waals surface area contributed by atoms with E-state index in [0.717, 1.165) is 24.8 Å². The zero-order valence-corrected chi connectivity index (χ0v) is 21.9. The van der Waals surface area contributed by atoms with Crippen LogP contribution in [0.5, 0.6) is 0 Å². The molecular formula is C27H43N3O4. The van der Waals surface area contributed by atoms with Crippen LogP contribution in [0.25, 0.3) is 0 Å². The van der Waals surface area contributed by atoms with Crippen LogP contribution < -0.4 is 10.6 Å². The number of esters is 1. The minimum Gasteiger partial charge on any atom is -0.459 e. The first-order chi connectivity index (χ1) is 15.9. The monoisotopic (exact) mass is 473 g/mol. The number of nitrogens with zero attached hydrogens (tertiary/aromatic N) is 1. The van der Waals surface area contributed by atoms with E-state index in [1.807, 2.05) is 51.1 Å². The number of ether oxygens (including phenoxy) is 1. The summed E-state index contributed by atoms with van der Waals surface area (Å²) in [6, 6.07) is 8.70. The predicted octanol–water partition coefficient (Wildman–Crippen LogP) is 3.81. The topological polar surface area (TPSA) is 87.7 Å². The van der Waals surface area contributed by atoms with E-state index >= 15 is 0 Å². The van der Waals surface area contributed by atoms with Gasteiger partial charge in [-0.2, -0.15) is 0 Å². The number of carbonyl (C=O) groups is 3. The molecule has 7 nitrogen and oxygen atoms in total. The fourth-order valence-corrected chi connectivity index (χ4v) is 5.01. The van der Waals surface area contributed by atoms with E-state index in [1.165, 1.54) is 13.8 Å². The second-order valence-electron chi connectivity index (χ2n) is 10.5.